The molecule has 2 aromatic carbocycles. The molecular weight excluding hydrogens is 404 g/mol. The van der Waals surface area contributed by atoms with Crippen LogP contribution in [0.15, 0.2) is 59.7 Å². The lowest BCUT2D eigenvalue weighted by molar-refractivity contribution is -0.136. The van der Waals surface area contributed by atoms with Gasteiger partial charge in [-0.1, -0.05) is 35.9 Å². The van der Waals surface area contributed by atoms with Crippen molar-refractivity contribution in [2.24, 2.45) is 5.10 Å². The molecule has 0 radical (unpaired) electrons. The number of benzene rings is 2. The predicted octanol–water partition coefficient (Wildman–Crippen LogP) is 3.84. The number of rotatable bonds is 5. The van der Waals surface area contributed by atoms with E-state index in [1.807, 2.05) is 48.7 Å². The molecule has 1 heterocycles. The fourth-order valence-electron chi connectivity index (χ4n) is 3.06. The van der Waals surface area contributed by atoms with Crippen molar-refractivity contribution in [3.05, 3.63) is 76.6 Å². The third-order valence-corrected chi connectivity index (χ3v) is 4.81. The Labute approximate surface area is 179 Å². The standard InChI is InChI=1S/C22H21ClN4O3/c1-14-12-16(15(2)27(14)19-10-6-4-8-17(19)23)13-24-26-22(29)21(28)25-18-9-5-7-11-20(18)30-3/h4-13H,1-3H3,(H,25,28)(H,26,29)/b24-13-. The van der Waals surface area contributed by atoms with E-state index in [2.05, 4.69) is 15.8 Å². The first-order valence-corrected chi connectivity index (χ1v) is 9.51. The SMILES string of the molecule is COc1ccccc1NC(=O)C(=O)N/N=C\c1cc(C)n(-c2ccccc2Cl)c1C. The summed E-state index contributed by atoms with van der Waals surface area (Å²) in [6, 6.07) is 16.3. The number of nitrogens with one attached hydrogen (secondary N) is 2. The van der Waals surface area contributed by atoms with E-state index < -0.39 is 11.8 Å². The van der Waals surface area contributed by atoms with Crippen LogP contribution in [0.4, 0.5) is 5.69 Å². The van der Waals surface area contributed by atoms with Gasteiger partial charge in [-0.3, -0.25) is 9.59 Å². The Morgan fingerprint density at radius 3 is 2.50 bits per heavy atom. The highest BCUT2D eigenvalue weighted by atomic mass is 35.5. The molecule has 1 aromatic heterocycles. The Kier molecular flexibility index (Phi) is 6.54. The van der Waals surface area contributed by atoms with Crippen LogP contribution in [-0.2, 0) is 9.59 Å². The summed E-state index contributed by atoms with van der Waals surface area (Å²) in [4.78, 5) is 24.2. The summed E-state index contributed by atoms with van der Waals surface area (Å²) in [5.74, 6) is -1.29. The average molecular weight is 425 g/mol. The summed E-state index contributed by atoms with van der Waals surface area (Å²) < 4.78 is 7.15. The van der Waals surface area contributed by atoms with Crippen LogP contribution in [0.2, 0.25) is 5.02 Å². The molecule has 154 valence electrons. The van der Waals surface area contributed by atoms with Crippen molar-refractivity contribution in [2.45, 2.75) is 13.8 Å². The molecule has 0 aliphatic rings. The molecule has 0 atom stereocenters. The number of hydrogen-bond acceptors (Lipinski definition) is 4. The molecule has 0 unspecified atom stereocenters. The topological polar surface area (TPSA) is 84.7 Å². The molecule has 0 spiro atoms. The highest BCUT2D eigenvalue weighted by Crippen LogP contribution is 2.26. The summed E-state index contributed by atoms with van der Waals surface area (Å²) in [6.07, 6.45) is 1.49. The van der Waals surface area contributed by atoms with Crippen molar-refractivity contribution in [3.8, 4) is 11.4 Å². The number of carbonyl (C=O) groups is 2. The summed E-state index contributed by atoms with van der Waals surface area (Å²) in [5.41, 5.74) is 6.14. The lowest BCUT2D eigenvalue weighted by Crippen LogP contribution is -2.32. The van der Waals surface area contributed by atoms with Crippen LogP contribution in [0.3, 0.4) is 0 Å². The lowest BCUT2D eigenvalue weighted by atomic mass is 10.2. The number of aryl methyl sites for hydroxylation is 1. The molecule has 2 amide bonds. The number of carbonyl (C=O) groups excluding carboxylic acids is 2. The van der Waals surface area contributed by atoms with Crippen LogP contribution in [-0.4, -0.2) is 29.7 Å². The maximum Gasteiger partial charge on any atom is 0.329 e. The molecule has 0 bridgehead atoms. The average Bonchev–Trinajstić information content (AvgIpc) is 3.02. The molecule has 0 aliphatic heterocycles. The maximum atomic E-state index is 12.1. The van der Waals surface area contributed by atoms with Crippen molar-refractivity contribution in [1.29, 1.82) is 0 Å². The molecule has 3 rings (SSSR count). The Bertz CT molecular complexity index is 1120. The molecule has 8 heteroatoms. The van der Waals surface area contributed by atoms with E-state index in [1.54, 1.807) is 24.3 Å². The Morgan fingerprint density at radius 2 is 1.77 bits per heavy atom. The van der Waals surface area contributed by atoms with Crippen molar-refractivity contribution in [3.63, 3.8) is 0 Å². The van der Waals surface area contributed by atoms with Gasteiger partial charge in [-0.2, -0.15) is 5.10 Å². The van der Waals surface area contributed by atoms with Crippen LogP contribution in [0.25, 0.3) is 5.69 Å². The van der Waals surface area contributed by atoms with Gasteiger partial charge in [0, 0.05) is 17.0 Å². The molecule has 2 N–H and O–H groups in total. The number of ether oxygens (including phenoxy) is 1. The number of amides is 2. The number of para-hydroxylation sites is 3. The summed E-state index contributed by atoms with van der Waals surface area (Å²) in [7, 11) is 1.48. The smallest absolute Gasteiger partial charge is 0.329 e. The van der Waals surface area contributed by atoms with E-state index in [0.717, 1.165) is 22.6 Å². The van der Waals surface area contributed by atoms with Gasteiger partial charge in [-0.15, -0.1) is 0 Å². The van der Waals surface area contributed by atoms with Crippen molar-refractivity contribution >= 4 is 35.3 Å². The van der Waals surface area contributed by atoms with E-state index in [9.17, 15) is 9.59 Å². The molecule has 0 aliphatic carbocycles. The Hall–Kier alpha value is -3.58. The largest absolute Gasteiger partial charge is 0.495 e. The fraction of sp³-hybridized carbons (Fsp3) is 0.136. The minimum absolute atomic E-state index is 0.396. The van der Waals surface area contributed by atoms with Gasteiger partial charge in [0.15, 0.2) is 0 Å². The number of aromatic nitrogens is 1. The first kappa shape index (κ1) is 21.1. The van der Waals surface area contributed by atoms with Gasteiger partial charge in [0.2, 0.25) is 0 Å². The second kappa shape index (κ2) is 9.28. The zero-order valence-corrected chi connectivity index (χ0v) is 17.5. The van der Waals surface area contributed by atoms with E-state index in [4.69, 9.17) is 16.3 Å². The molecule has 0 saturated heterocycles. The van der Waals surface area contributed by atoms with Crippen molar-refractivity contribution < 1.29 is 14.3 Å². The van der Waals surface area contributed by atoms with Crippen LogP contribution in [0.5, 0.6) is 5.75 Å². The van der Waals surface area contributed by atoms with Crippen LogP contribution < -0.4 is 15.5 Å². The van der Waals surface area contributed by atoms with E-state index >= 15 is 0 Å². The highest BCUT2D eigenvalue weighted by Gasteiger charge is 2.15. The fourth-order valence-corrected chi connectivity index (χ4v) is 3.28. The predicted molar refractivity (Wildman–Crippen MR) is 118 cm³/mol. The first-order chi connectivity index (χ1) is 14.4. The van der Waals surface area contributed by atoms with Gasteiger partial charge < -0.3 is 14.6 Å². The normalized spacial score (nSPS) is 10.8. The molecule has 7 nitrogen and oxygen atoms in total. The number of hydrazone groups is 1. The first-order valence-electron chi connectivity index (χ1n) is 9.13. The zero-order chi connectivity index (χ0) is 21.7. The summed E-state index contributed by atoms with van der Waals surface area (Å²) in [6.45, 7) is 3.88. The number of anilines is 1. The molecule has 0 saturated carbocycles. The van der Waals surface area contributed by atoms with Crippen LogP contribution in [0, 0.1) is 13.8 Å². The summed E-state index contributed by atoms with van der Waals surface area (Å²) in [5, 5.41) is 7.04. The lowest BCUT2D eigenvalue weighted by Gasteiger charge is -2.11. The summed E-state index contributed by atoms with van der Waals surface area (Å²) >= 11 is 6.32. The van der Waals surface area contributed by atoms with Crippen LogP contribution in [0.1, 0.15) is 17.0 Å². The van der Waals surface area contributed by atoms with Gasteiger partial charge in [0.1, 0.15) is 5.75 Å². The molecule has 0 fully saturated rings. The molecular formula is C22H21ClN4O3. The van der Waals surface area contributed by atoms with Gasteiger partial charge in [-0.25, -0.2) is 5.43 Å². The zero-order valence-electron chi connectivity index (χ0n) is 16.8. The Balaban J connectivity index is 1.70. The van der Waals surface area contributed by atoms with Gasteiger partial charge in [0.05, 0.1) is 29.7 Å². The number of halogens is 1. The van der Waals surface area contributed by atoms with Gasteiger partial charge >= 0.3 is 11.8 Å². The quantitative estimate of drug-likeness (QED) is 0.370. The maximum absolute atomic E-state index is 12.1. The van der Waals surface area contributed by atoms with Gasteiger partial charge in [0.25, 0.3) is 0 Å². The minimum Gasteiger partial charge on any atom is -0.495 e. The number of methoxy groups -OCH3 is 1. The van der Waals surface area contributed by atoms with Crippen LogP contribution >= 0.6 is 11.6 Å². The minimum atomic E-state index is -0.892. The second-order valence-corrected chi connectivity index (χ2v) is 6.87. The van der Waals surface area contributed by atoms with Crippen molar-refractivity contribution in [2.75, 3.05) is 12.4 Å². The Morgan fingerprint density at radius 1 is 1.07 bits per heavy atom. The van der Waals surface area contributed by atoms with E-state index in [0.29, 0.717) is 16.5 Å². The van der Waals surface area contributed by atoms with Gasteiger partial charge in [-0.05, 0) is 44.2 Å². The van der Waals surface area contributed by atoms with E-state index in [-0.39, 0.29) is 0 Å². The third-order valence-electron chi connectivity index (χ3n) is 4.49. The number of hydrogen-bond donors (Lipinski definition) is 2. The monoisotopic (exact) mass is 424 g/mol. The third kappa shape index (κ3) is 4.52. The molecule has 30 heavy (non-hydrogen) atoms. The highest BCUT2D eigenvalue weighted by molar-refractivity contribution is 6.39. The number of nitrogens with zero attached hydrogens (tertiary/aromatic N) is 2. The molecule has 3 aromatic rings. The van der Waals surface area contributed by atoms with E-state index in [1.165, 1.54) is 13.3 Å². The second-order valence-electron chi connectivity index (χ2n) is 6.47. The van der Waals surface area contributed by atoms with Crippen molar-refractivity contribution in [1.82, 2.24) is 9.99 Å².